The van der Waals surface area contributed by atoms with Crippen molar-refractivity contribution in [3.63, 3.8) is 0 Å². The Hall–Kier alpha value is -3.16. The van der Waals surface area contributed by atoms with Gasteiger partial charge in [0.15, 0.2) is 0 Å². The van der Waals surface area contributed by atoms with Crippen molar-refractivity contribution in [3.05, 3.63) is 75.3 Å². The summed E-state index contributed by atoms with van der Waals surface area (Å²) in [6.07, 6.45) is 0. The molecular weight excluding hydrogens is 406 g/mol. The number of methoxy groups -OCH3 is 1. The number of hydrogen-bond donors (Lipinski definition) is 1. The van der Waals surface area contributed by atoms with E-state index in [9.17, 15) is 14.9 Å². The highest BCUT2D eigenvalue weighted by atomic mass is 35.5. The Bertz CT molecular complexity index is 1100. The van der Waals surface area contributed by atoms with Crippen LogP contribution in [0.15, 0.2) is 54.6 Å². The molecule has 0 bridgehead atoms. The van der Waals surface area contributed by atoms with Gasteiger partial charge in [0, 0.05) is 18.7 Å². The monoisotopic (exact) mass is 427 g/mol. The number of non-ortho nitro benzene ring substituents is 1. The van der Waals surface area contributed by atoms with Gasteiger partial charge in [-0.15, -0.1) is 0 Å². The number of rotatable bonds is 7. The molecule has 3 rings (SSSR count). The Morgan fingerprint density at radius 1 is 1.17 bits per heavy atom. The highest BCUT2D eigenvalue weighted by Gasteiger charge is 2.20. The molecule has 3 aromatic rings. The molecule has 0 spiro atoms. The summed E-state index contributed by atoms with van der Waals surface area (Å²) < 4.78 is 5.25. The second kappa shape index (κ2) is 9.11. The summed E-state index contributed by atoms with van der Waals surface area (Å²) in [5, 5.41) is 16.0. The summed E-state index contributed by atoms with van der Waals surface area (Å²) in [5.41, 5.74) is 1.14. The zero-order valence-corrected chi connectivity index (χ0v) is 17.6. The third-order valence-corrected chi connectivity index (χ3v) is 5.33. The summed E-state index contributed by atoms with van der Waals surface area (Å²) in [5.74, 6) is 0.503. The van der Waals surface area contributed by atoms with Crippen molar-refractivity contribution >= 4 is 39.7 Å². The van der Waals surface area contributed by atoms with Gasteiger partial charge in [-0.1, -0.05) is 29.8 Å². The number of fused-ring (bicyclic) bond motifs is 1. The van der Waals surface area contributed by atoms with Crippen LogP contribution in [0.2, 0.25) is 5.02 Å². The number of hydrogen-bond acceptors (Lipinski definition) is 5. The number of nitro benzene ring substituents is 1. The minimum atomic E-state index is -0.531. The Morgan fingerprint density at radius 3 is 2.57 bits per heavy atom. The Labute approximate surface area is 179 Å². The SMILES string of the molecule is COc1ccc2cc(CN(C)C(C)C(=O)Nc3cc([N+](=O)[O-])ccc3Cl)ccc2c1. The molecule has 0 heterocycles. The number of nitrogens with one attached hydrogen (secondary N) is 1. The summed E-state index contributed by atoms with van der Waals surface area (Å²) in [4.78, 5) is 25.0. The average Bonchev–Trinajstić information content (AvgIpc) is 2.73. The van der Waals surface area contributed by atoms with Crippen LogP contribution in [-0.2, 0) is 11.3 Å². The van der Waals surface area contributed by atoms with Gasteiger partial charge in [0.05, 0.1) is 28.8 Å². The lowest BCUT2D eigenvalue weighted by molar-refractivity contribution is -0.384. The minimum absolute atomic E-state index is 0.136. The molecule has 7 nitrogen and oxygen atoms in total. The number of anilines is 1. The van der Waals surface area contributed by atoms with Gasteiger partial charge >= 0.3 is 0 Å². The van der Waals surface area contributed by atoms with Gasteiger partial charge < -0.3 is 10.1 Å². The molecule has 1 atom stereocenters. The maximum absolute atomic E-state index is 12.7. The lowest BCUT2D eigenvalue weighted by atomic mass is 10.1. The van der Waals surface area contributed by atoms with Crippen LogP contribution in [0.4, 0.5) is 11.4 Å². The maximum atomic E-state index is 12.7. The van der Waals surface area contributed by atoms with Crippen molar-refractivity contribution in [2.75, 3.05) is 19.5 Å². The van der Waals surface area contributed by atoms with Crippen molar-refractivity contribution < 1.29 is 14.5 Å². The molecule has 156 valence electrons. The van der Waals surface area contributed by atoms with Crippen LogP contribution in [0, 0.1) is 10.1 Å². The largest absolute Gasteiger partial charge is 0.497 e. The van der Waals surface area contributed by atoms with E-state index in [0.29, 0.717) is 6.54 Å². The van der Waals surface area contributed by atoms with E-state index in [4.69, 9.17) is 16.3 Å². The maximum Gasteiger partial charge on any atom is 0.271 e. The minimum Gasteiger partial charge on any atom is -0.497 e. The predicted octanol–water partition coefficient (Wildman–Crippen LogP) is 4.87. The van der Waals surface area contributed by atoms with Crippen LogP contribution in [-0.4, -0.2) is 35.9 Å². The third kappa shape index (κ3) is 4.87. The summed E-state index contributed by atoms with van der Waals surface area (Å²) in [7, 11) is 3.48. The molecule has 1 amide bonds. The number of amides is 1. The number of benzene rings is 3. The van der Waals surface area contributed by atoms with Gasteiger partial charge in [0.25, 0.3) is 5.69 Å². The standard InChI is InChI=1S/C22H22ClN3O4/c1-14(22(27)24-21-12-18(26(28)29)7-9-20(21)23)25(2)13-15-4-5-17-11-19(30-3)8-6-16(17)10-15/h4-12,14H,13H2,1-3H3,(H,24,27). The van der Waals surface area contributed by atoms with E-state index < -0.39 is 11.0 Å². The molecular formula is C22H22ClN3O4. The second-order valence-corrected chi connectivity index (χ2v) is 7.46. The van der Waals surface area contributed by atoms with Gasteiger partial charge in [-0.2, -0.15) is 0 Å². The Morgan fingerprint density at radius 2 is 1.87 bits per heavy atom. The van der Waals surface area contributed by atoms with Crippen LogP contribution in [0.5, 0.6) is 5.75 Å². The molecule has 3 aromatic carbocycles. The van der Waals surface area contributed by atoms with Gasteiger partial charge in [-0.25, -0.2) is 0 Å². The number of nitrogens with zero attached hydrogens (tertiary/aromatic N) is 2. The first kappa shape index (κ1) is 21.5. The fourth-order valence-electron chi connectivity index (χ4n) is 3.08. The normalized spacial score (nSPS) is 12.0. The lowest BCUT2D eigenvalue weighted by Crippen LogP contribution is -2.39. The predicted molar refractivity (Wildman–Crippen MR) is 118 cm³/mol. The quantitative estimate of drug-likeness (QED) is 0.429. The first-order valence-corrected chi connectivity index (χ1v) is 9.68. The first-order valence-electron chi connectivity index (χ1n) is 9.30. The molecule has 0 saturated heterocycles. The molecule has 0 aliphatic carbocycles. The molecule has 0 fully saturated rings. The smallest absolute Gasteiger partial charge is 0.271 e. The molecule has 1 N–H and O–H groups in total. The molecule has 0 aliphatic heterocycles. The third-order valence-electron chi connectivity index (χ3n) is 5.00. The molecule has 8 heteroatoms. The Balaban J connectivity index is 1.70. The number of halogens is 1. The number of carbonyl (C=O) groups excluding carboxylic acids is 1. The van der Waals surface area contributed by atoms with Crippen LogP contribution >= 0.6 is 11.6 Å². The number of likely N-dealkylation sites (N-methyl/N-ethyl adjacent to an activating group) is 1. The summed E-state index contributed by atoms with van der Waals surface area (Å²) >= 11 is 6.08. The van der Waals surface area contributed by atoms with Gasteiger partial charge in [-0.05, 0) is 54.6 Å². The highest BCUT2D eigenvalue weighted by molar-refractivity contribution is 6.33. The number of carbonyl (C=O) groups is 1. The van der Waals surface area contributed by atoms with Crippen LogP contribution < -0.4 is 10.1 Å². The summed E-state index contributed by atoms with van der Waals surface area (Å²) in [6, 6.07) is 15.5. The van der Waals surface area contributed by atoms with E-state index in [1.54, 1.807) is 14.0 Å². The van der Waals surface area contributed by atoms with E-state index in [0.717, 1.165) is 22.1 Å². The summed E-state index contributed by atoms with van der Waals surface area (Å²) in [6.45, 7) is 2.33. The van der Waals surface area contributed by atoms with Crippen LogP contribution in [0.1, 0.15) is 12.5 Å². The van der Waals surface area contributed by atoms with E-state index in [1.165, 1.54) is 18.2 Å². The van der Waals surface area contributed by atoms with Crippen molar-refractivity contribution in [3.8, 4) is 5.75 Å². The fourth-order valence-corrected chi connectivity index (χ4v) is 3.25. The van der Waals surface area contributed by atoms with Gasteiger partial charge in [-0.3, -0.25) is 19.8 Å². The highest BCUT2D eigenvalue weighted by Crippen LogP contribution is 2.27. The molecule has 30 heavy (non-hydrogen) atoms. The van der Waals surface area contributed by atoms with Crippen LogP contribution in [0.3, 0.4) is 0 Å². The molecule has 0 aromatic heterocycles. The van der Waals surface area contributed by atoms with Crippen molar-refractivity contribution in [1.29, 1.82) is 0 Å². The van der Waals surface area contributed by atoms with Crippen molar-refractivity contribution in [2.45, 2.75) is 19.5 Å². The van der Waals surface area contributed by atoms with Crippen molar-refractivity contribution in [2.24, 2.45) is 0 Å². The number of nitro groups is 1. The zero-order valence-electron chi connectivity index (χ0n) is 16.9. The second-order valence-electron chi connectivity index (χ2n) is 7.05. The average molecular weight is 428 g/mol. The first-order chi connectivity index (χ1) is 14.3. The van der Waals surface area contributed by atoms with E-state index in [2.05, 4.69) is 11.4 Å². The van der Waals surface area contributed by atoms with E-state index in [1.807, 2.05) is 42.3 Å². The fraction of sp³-hybridized carbons (Fsp3) is 0.227. The molecule has 0 saturated carbocycles. The van der Waals surface area contributed by atoms with E-state index >= 15 is 0 Å². The van der Waals surface area contributed by atoms with Gasteiger partial charge in [0.2, 0.25) is 5.91 Å². The van der Waals surface area contributed by atoms with E-state index in [-0.39, 0.29) is 22.3 Å². The van der Waals surface area contributed by atoms with Gasteiger partial charge in [0.1, 0.15) is 5.75 Å². The molecule has 0 radical (unpaired) electrons. The number of ether oxygens (including phenoxy) is 1. The Kier molecular flexibility index (Phi) is 6.54. The topological polar surface area (TPSA) is 84.7 Å². The van der Waals surface area contributed by atoms with Crippen LogP contribution in [0.25, 0.3) is 10.8 Å². The zero-order chi connectivity index (χ0) is 21.8. The van der Waals surface area contributed by atoms with Crippen molar-refractivity contribution in [1.82, 2.24) is 4.90 Å². The molecule has 0 aliphatic rings. The lowest BCUT2D eigenvalue weighted by Gasteiger charge is -2.24. The molecule has 1 unspecified atom stereocenters.